The summed E-state index contributed by atoms with van der Waals surface area (Å²) in [5.41, 5.74) is 1.74. The Hall–Kier alpha value is -3.56. The van der Waals surface area contributed by atoms with E-state index in [1.54, 1.807) is 41.9 Å². The maximum Gasteiger partial charge on any atom is 0.338 e. The van der Waals surface area contributed by atoms with Gasteiger partial charge in [0.25, 0.3) is 0 Å². The van der Waals surface area contributed by atoms with E-state index in [0.29, 0.717) is 33.9 Å². The van der Waals surface area contributed by atoms with Crippen molar-refractivity contribution >= 4 is 40.9 Å². The van der Waals surface area contributed by atoms with Crippen molar-refractivity contribution in [1.82, 2.24) is 19.5 Å². The van der Waals surface area contributed by atoms with Crippen molar-refractivity contribution < 1.29 is 14.3 Å². The van der Waals surface area contributed by atoms with E-state index in [0.717, 1.165) is 5.56 Å². The smallest absolute Gasteiger partial charge is 0.338 e. The maximum atomic E-state index is 12.5. The molecule has 2 aromatic heterocycles. The normalized spacial score (nSPS) is 10.7. The zero-order valence-corrected chi connectivity index (χ0v) is 19.2. The standard InChI is InChI=1S/C23H20ClN5O3S/c1-2-32-22(31)16-9-11-17(12-10-16)25-20(30)15-33-23-27-26-21(18-7-3-4-8-19(18)24)29(23)28-13-5-6-14-28/h3-14H,2,15H2,1H3,(H,25,30). The van der Waals surface area contributed by atoms with E-state index >= 15 is 0 Å². The van der Waals surface area contributed by atoms with Crippen LogP contribution in [0.1, 0.15) is 17.3 Å². The Morgan fingerprint density at radius 2 is 1.76 bits per heavy atom. The first-order valence-electron chi connectivity index (χ1n) is 10.1. The molecule has 33 heavy (non-hydrogen) atoms. The third kappa shape index (κ3) is 5.27. The molecule has 0 aliphatic heterocycles. The quantitative estimate of drug-likeness (QED) is 0.292. The molecule has 2 aromatic carbocycles. The van der Waals surface area contributed by atoms with Crippen molar-refractivity contribution in [3.63, 3.8) is 0 Å². The molecule has 0 spiro atoms. The second kappa shape index (κ2) is 10.4. The third-order valence-electron chi connectivity index (χ3n) is 4.56. The Morgan fingerprint density at radius 1 is 1.03 bits per heavy atom. The lowest BCUT2D eigenvalue weighted by molar-refractivity contribution is -0.113. The number of ether oxygens (including phenoxy) is 1. The average molecular weight is 482 g/mol. The van der Waals surface area contributed by atoms with Crippen molar-refractivity contribution in [2.75, 3.05) is 17.7 Å². The van der Waals surface area contributed by atoms with Gasteiger partial charge in [-0.15, -0.1) is 10.2 Å². The summed E-state index contributed by atoms with van der Waals surface area (Å²) in [7, 11) is 0. The Bertz CT molecular complexity index is 1260. The number of benzene rings is 2. The third-order valence-corrected chi connectivity index (χ3v) is 5.81. The number of hydrogen-bond acceptors (Lipinski definition) is 6. The summed E-state index contributed by atoms with van der Waals surface area (Å²) < 4.78 is 8.59. The second-order valence-electron chi connectivity index (χ2n) is 6.80. The van der Waals surface area contributed by atoms with E-state index in [1.165, 1.54) is 11.8 Å². The molecule has 0 aliphatic rings. The van der Waals surface area contributed by atoms with Crippen molar-refractivity contribution in [2.45, 2.75) is 12.1 Å². The average Bonchev–Trinajstić information content (AvgIpc) is 3.48. The van der Waals surface area contributed by atoms with Gasteiger partial charge in [-0.1, -0.05) is 35.5 Å². The summed E-state index contributed by atoms with van der Waals surface area (Å²) in [6, 6.07) is 17.7. The molecular formula is C23H20ClN5O3S. The molecule has 8 nitrogen and oxygen atoms in total. The van der Waals surface area contributed by atoms with Crippen LogP contribution in [0.4, 0.5) is 5.69 Å². The number of hydrogen-bond donors (Lipinski definition) is 1. The topological polar surface area (TPSA) is 91.0 Å². The molecule has 2 heterocycles. The summed E-state index contributed by atoms with van der Waals surface area (Å²) in [6.07, 6.45) is 3.72. The molecule has 0 radical (unpaired) electrons. The Balaban J connectivity index is 1.48. The van der Waals surface area contributed by atoms with Crippen molar-refractivity contribution in [3.05, 3.63) is 83.6 Å². The van der Waals surface area contributed by atoms with Gasteiger partial charge in [0.2, 0.25) is 11.1 Å². The number of carbonyl (C=O) groups is 2. The number of nitrogens with one attached hydrogen (secondary N) is 1. The SMILES string of the molecule is CCOC(=O)c1ccc(NC(=O)CSc2nnc(-c3ccccc3Cl)n2-n2cccc2)cc1. The summed E-state index contributed by atoms with van der Waals surface area (Å²) >= 11 is 7.63. The molecule has 0 fully saturated rings. The number of carbonyl (C=O) groups excluding carboxylic acids is 2. The van der Waals surface area contributed by atoms with Crippen LogP contribution in [0.25, 0.3) is 11.4 Å². The van der Waals surface area contributed by atoms with Crippen LogP contribution in [0.5, 0.6) is 0 Å². The predicted octanol–water partition coefficient (Wildman–Crippen LogP) is 4.62. The monoisotopic (exact) mass is 481 g/mol. The molecule has 10 heteroatoms. The number of rotatable bonds is 8. The second-order valence-corrected chi connectivity index (χ2v) is 8.15. The number of amides is 1. The van der Waals surface area contributed by atoms with E-state index in [-0.39, 0.29) is 11.7 Å². The highest BCUT2D eigenvalue weighted by atomic mass is 35.5. The van der Waals surface area contributed by atoms with Crippen LogP contribution in [-0.4, -0.2) is 43.8 Å². The van der Waals surface area contributed by atoms with E-state index in [9.17, 15) is 9.59 Å². The number of anilines is 1. The largest absolute Gasteiger partial charge is 0.462 e. The minimum Gasteiger partial charge on any atom is -0.462 e. The highest BCUT2D eigenvalue weighted by molar-refractivity contribution is 7.99. The minimum absolute atomic E-state index is 0.113. The van der Waals surface area contributed by atoms with E-state index < -0.39 is 5.97 Å². The van der Waals surface area contributed by atoms with Gasteiger partial charge in [0.05, 0.1) is 22.9 Å². The maximum absolute atomic E-state index is 12.5. The summed E-state index contributed by atoms with van der Waals surface area (Å²) in [5, 5.41) is 12.5. The number of aromatic nitrogens is 4. The van der Waals surface area contributed by atoms with Crippen LogP contribution in [0, 0.1) is 0 Å². The van der Waals surface area contributed by atoms with E-state index in [2.05, 4.69) is 15.5 Å². The molecule has 4 aromatic rings. The lowest BCUT2D eigenvalue weighted by Crippen LogP contribution is -2.16. The number of nitrogens with zero attached hydrogens (tertiary/aromatic N) is 4. The fourth-order valence-corrected chi connectivity index (χ4v) is 4.02. The Labute approximate surface area is 199 Å². The highest BCUT2D eigenvalue weighted by Gasteiger charge is 2.18. The van der Waals surface area contributed by atoms with Gasteiger partial charge in [0, 0.05) is 23.6 Å². The predicted molar refractivity (Wildman–Crippen MR) is 127 cm³/mol. The van der Waals surface area contributed by atoms with Crippen LogP contribution in [0.2, 0.25) is 5.02 Å². The molecular weight excluding hydrogens is 462 g/mol. The molecule has 4 rings (SSSR count). The highest BCUT2D eigenvalue weighted by Crippen LogP contribution is 2.29. The number of thioether (sulfide) groups is 1. The van der Waals surface area contributed by atoms with Gasteiger partial charge in [-0.05, 0) is 55.5 Å². The van der Waals surface area contributed by atoms with E-state index in [4.69, 9.17) is 16.3 Å². The first-order valence-corrected chi connectivity index (χ1v) is 11.5. The van der Waals surface area contributed by atoms with Crippen molar-refractivity contribution in [2.24, 2.45) is 0 Å². The van der Waals surface area contributed by atoms with Gasteiger partial charge in [-0.25, -0.2) is 9.47 Å². The molecule has 0 bridgehead atoms. The number of esters is 1. The van der Waals surface area contributed by atoms with Gasteiger partial charge >= 0.3 is 5.97 Å². The summed E-state index contributed by atoms with van der Waals surface area (Å²) in [4.78, 5) is 24.3. The van der Waals surface area contributed by atoms with Gasteiger partial charge in [0.15, 0.2) is 5.82 Å². The van der Waals surface area contributed by atoms with Crippen LogP contribution < -0.4 is 5.32 Å². The van der Waals surface area contributed by atoms with Gasteiger partial charge < -0.3 is 10.1 Å². The summed E-state index contributed by atoms with van der Waals surface area (Å²) in [5.74, 6) is 0.0609. The molecule has 0 saturated carbocycles. The molecule has 0 unspecified atom stereocenters. The molecule has 0 saturated heterocycles. The molecule has 0 atom stereocenters. The van der Waals surface area contributed by atoms with Gasteiger partial charge in [-0.3, -0.25) is 9.47 Å². The fourth-order valence-electron chi connectivity index (χ4n) is 3.06. The Kier molecular flexibility index (Phi) is 7.11. The van der Waals surface area contributed by atoms with Crippen molar-refractivity contribution in [3.8, 4) is 11.4 Å². The molecule has 168 valence electrons. The zero-order valence-electron chi connectivity index (χ0n) is 17.6. The van der Waals surface area contributed by atoms with Crippen LogP contribution in [0.3, 0.4) is 0 Å². The molecule has 1 amide bonds. The Morgan fingerprint density at radius 3 is 2.45 bits per heavy atom. The molecule has 1 N–H and O–H groups in total. The number of halogens is 1. The zero-order chi connectivity index (χ0) is 23.2. The molecule has 0 aliphatic carbocycles. The van der Waals surface area contributed by atoms with Crippen LogP contribution >= 0.6 is 23.4 Å². The van der Waals surface area contributed by atoms with E-state index in [1.807, 2.05) is 47.4 Å². The van der Waals surface area contributed by atoms with Crippen LogP contribution in [-0.2, 0) is 9.53 Å². The summed E-state index contributed by atoms with van der Waals surface area (Å²) in [6.45, 7) is 2.05. The van der Waals surface area contributed by atoms with Crippen LogP contribution in [0.15, 0.2) is 78.2 Å². The first kappa shape index (κ1) is 22.6. The van der Waals surface area contributed by atoms with Crippen molar-refractivity contribution in [1.29, 1.82) is 0 Å². The minimum atomic E-state index is -0.399. The fraction of sp³-hybridized carbons (Fsp3) is 0.130. The van der Waals surface area contributed by atoms with Gasteiger partial charge in [-0.2, -0.15) is 0 Å². The lowest BCUT2D eigenvalue weighted by Gasteiger charge is -2.12. The van der Waals surface area contributed by atoms with Gasteiger partial charge in [0.1, 0.15) is 0 Å². The lowest BCUT2D eigenvalue weighted by atomic mass is 10.2. The first-order chi connectivity index (χ1) is 16.1.